The van der Waals surface area contributed by atoms with Crippen molar-refractivity contribution >= 4 is 28.3 Å². The minimum atomic E-state index is 0.0777. The number of nitrogens with one attached hydrogen (secondary N) is 1. The largest absolute Gasteiger partial charge is 0.338 e. The lowest BCUT2D eigenvalue weighted by molar-refractivity contribution is -0.125. The van der Waals surface area contributed by atoms with Crippen LogP contribution in [0.5, 0.6) is 0 Å². The number of aromatic nitrogens is 2. The summed E-state index contributed by atoms with van der Waals surface area (Å²) >= 11 is 1.59. The molecule has 1 fully saturated rings. The van der Waals surface area contributed by atoms with Gasteiger partial charge < -0.3 is 10.2 Å². The number of thiazole rings is 1. The molecule has 0 aliphatic carbocycles. The second-order valence-corrected chi connectivity index (χ2v) is 5.37. The molecule has 2 aromatic rings. The summed E-state index contributed by atoms with van der Waals surface area (Å²) in [5.74, 6) is 0.0777. The number of hydrogen-bond donors (Lipinski definition) is 1. The molecule has 1 N–H and O–H groups in total. The maximum atomic E-state index is 12.1. The maximum absolute atomic E-state index is 12.1. The summed E-state index contributed by atoms with van der Waals surface area (Å²) in [5.41, 5.74) is 0.942. The van der Waals surface area contributed by atoms with Crippen LogP contribution in [0.1, 0.15) is 12.1 Å². The van der Waals surface area contributed by atoms with Crippen molar-refractivity contribution in [2.45, 2.75) is 6.42 Å². The topological polar surface area (TPSA) is 49.6 Å². The predicted octanol–water partition coefficient (Wildman–Crippen LogP) is 1.23. The quantitative estimate of drug-likeness (QED) is 0.839. The molecule has 19 heavy (non-hydrogen) atoms. The van der Waals surface area contributed by atoms with Crippen LogP contribution in [0.25, 0.3) is 11.0 Å². The number of fused-ring (bicyclic) bond motifs is 1. The van der Waals surface area contributed by atoms with Crippen LogP contribution in [-0.2, 0) is 4.79 Å². The number of nitrogens with zero attached hydrogens (tertiary/aromatic N) is 3. The second-order valence-electron chi connectivity index (χ2n) is 4.50. The number of hydrogen-bond acceptors (Lipinski definition) is 4. The highest BCUT2D eigenvalue weighted by Gasteiger charge is 2.12. The van der Waals surface area contributed by atoms with Crippen molar-refractivity contribution in [1.29, 1.82) is 0 Å². The zero-order valence-corrected chi connectivity index (χ0v) is 11.4. The SMILES string of the molecule is O=C(/C=C/c1cnc2sccn12)N1CCCNCC1. The fourth-order valence-corrected chi connectivity index (χ4v) is 2.89. The fourth-order valence-electron chi connectivity index (χ4n) is 2.20. The third-order valence-electron chi connectivity index (χ3n) is 3.22. The van der Waals surface area contributed by atoms with E-state index in [9.17, 15) is 4.79 Å². The van der Waals surface area contributed by atoms with Crippen LogP contribution in [0.2, 0.25) is 0 Å². The van der Waals surface area contributed by atoms with Gasteiger partial charge >= 0.3 is 0 Å². The minimum Gasteiger partial charge on any atom is -0.338 e. The third-order valence-corrected chi connectivity index (χ3v) is 3.99. The lowest BCUT2D eigenvalue weighted by Gasteiger charge is -2.17. The van der Waals surface area contributed by atoms with Gasteiger partial charge in [-0.05, 0) is 19.0 Å². The van der Waals surface area contributed by atoms with Crippen LogP contribution >= 0.6 is 11.3 Å². The van der Waals surface area contributed by atoms with Crippen LogP contribution in [0.15, 0.2) is 23.8 Å². The summed E-state index contributed by atoms with van der Waals surface area (Å²) in [6, 6.07) is 0. The number of carbonyl (C=O) groups is 1. The van der Waals surface area contributed by atoms with E-state index in [0.717, 1.165) is 43.3 Å². The molecule has 0 spiro atoms. The van der Waals surface area contributed by atoms with Gasteiger partial charge in [-0.15, -0.1) is 11.3 Å². The number of amides is 1. The Morgan fingerprint density at radius 1 is 1.42 bits per heavy atom. The lowest BCUT2D eigenvalue weighted by atomic mass is 10.3. The van der Waals surface area contributed by atoms with Gasteiger partial charge in [0.15, 0.2) is 4.96 Å². The molecule has 1 amide bonds. The molecule has 1 saturated heterocycles. The van der Waals surface area contributed by atoms with Crippen molar-refractivity contribution in [3.05, 3.63) is 29.5 Å². The lowest BCUT2D eigenvalue weighted by Crippen LogP contribution is -2.32. The highest BCUT2D eigenvalue weighted by molar-refractivity contribution is 7.15. The standard InChI is InChI=1S/C13H16N4OS/c18-12(16-6-1-4-14-5-7-16)3-2-11-10-15-13-17(11)8-9-19-13/h2-3,8-10,14H,1,4-7H2/b3-2+. The van der Waals surface area contributed by atoms with E-state index in [0.29, 0.717) is 0 Å². The van der Waals surface area contributed by atoms with Gasteiger partial charge in [0, 0.05) is 37.3 Å². The predicted molar refractivity (Wildman–Crippen MR) is 76.2 cm³/mol. The second kappa shape index (κ2) is 5.54. The molecule has 3 heterocycles. The van der Waals surface area contributed by atoms with Crippen molar-refractivity contribution in [2.75, 3.05) is 26.2 Å². The normalized spacial score (nSPS) is 17.2. The average Bonchev–Trinajstić information content (AvgIpc) is 2.91. The Kier molecular flexibility index (Phi) is 3.61. The van der Waals surface area contributed by atoms with Crippen molar-refractivity contribution in [1.82, 2.24) is 19.6 Å². The van der Waals surface area contributed by atoms with Gasteiger partial charge in [-0.25, -0.2) is 4.98 Å². The zero-order chi connectivity index (χ0) is 13.1. The first-order chi connectivity index (χ1) is 9.34. The van der Waals surface area contributed by atoms with Crippen molar-refractivity contribution in [3.8, 4) is 0 Å². The summed E-state index contributed by atoms with van der Waals surface area (Å²) in [7, 11) is 0. The third kappa shape index (κ3) is 2.69. The highest BCUT2D eigenvalue weighted by Crippen LogP contribution is 2.13. The Hall–Kier alpha value is -1.66. The van der Waals surface area contributed by atoms with E-state index in [1.807, 2.05) is 27.0 Å². The summed E-state index contributed by atoms with van der Waals surface area (Å²) in [6.07, 6.45) is 8.26. The molecule has 2 aromatic heterocycles. The van der Waals surface area contributed by atoms with Crippen LogP contribution in [0.3, 0.4) is 0 Å². The summed E-state index contributed by atoms with van der Waals surface area (Å²) in [5, 5.41) is 5.28. The van der Waals surface area contributed by atoms with E-state index in [-0.39, 0.29) is 5.91 Å². The van der Waals surface area contributed by atoms with Crippen molar-refractivity contribution < 1.29 is 4.79 Å². The van der Waals surface area contributed by atoms with Crippen molar-refractivity contribution in [2.24, 2.45) is 0 Å². The van der Waals surface area contributed by atoms with Crippen molar-refractivity contribution in [3.63, 3.8) is 0 Å². The van der Waals surface area contributed by atoms with Gasteiger partial charge in [-0.2, -0.15) is 0 Å². The first kappa shape index (κ1) is 12.4. The molecule has 6 heteroatoms. The Labute approximate surface area is 115 Å². The number of imidazole rings is 1. The molecule has 0 atom stereocenters. The Balaban J connectivity index is 1.71. The van der Waals surface area contributed by atoms with Gasteiger partial charge in [-0.1, -0.05) is 0 Å². The van der Waals surface area contributed by atoms with Gasteiger partial charge in [0.2, 0.25) is 5.91 Å². The molecule has 0 saturated carbocycles. The monoisotopic (exact) mass is 276 g/mol. The van der Waals surface area contributed by atoms with E-state index in [1.54, 1.807) is 23.6 Å². The maximum Gasteiger partial charge on any atom is 0.246 e. The van der Waals surface area contributed by atoms with Crippen LogP contribution < -0.4 is 5.32 Å². The fraction of sp³-hybridized carbons (Fsp3) is 0.385. The van der Waals surface area contributed by atoms with Gasteiger partial charge in [-0.3, -0.25) is 9.20 Å². The smallest absolute Gasteiger partial charge is 0.246 e. The van der Waals surface area contributed by atoms with E-state index in [4.69, 9.17) is 0 Å². The molecule has 0 unspecified atom stereocenters. The number of rotatable bonds is 2. The molecule has 1 aliphatic rings. The van der Waals surface area contributed by atoms with Gasteiger partial charge in [0.1, 0.15) is 0 Å². The number of carbonyl (C=O) groups excluding carboxylic acids is 1. The van der Waals surface area contributed by atoms with E-state index >= 15 is 0 Å². The Morgan fingerprint density at radius 3 is 3.32 bits per heavy atom. The molecule has 1 aliphatic heterocycles. The highest BCUT2D eigenvalue weighted by atomic mass is 32.1. The molecular formula is C13H16N4OS. The molecule has 100 valence electrons. The van der Waals surface area contributed by atoms with E-state index in [2.05, 4.69) is 10.3 Å². The molecule has 0 aromatic carbocycles. The summed E-state index contributed by atoms with van der Waals surface area (Å²) < 4.78 is 1.98. The van der Waals surface area contributed by atoms with Gasteiger partial charge in [0.05, 0.1) is 11.9 Å². The molecular weight excluding hydrogens is 260 g/mol. The average molecular weight is 276 g/mol. The van der Waals surface area contributed by atoms with E-state index in [1.165, 1.54) is 0 Å². The Bertz CT molecular complexity index is 593. The molecule has 5 nitrogen and oxygen atoms in total. The zero-order valence-electron chi connectivity index (χ0n) is 10.6. The first-order valence-corrected chi connectivity index (χ1v) is 7.31. The molecule has 0 radical (unpaired) electrons. The van der Waals surface area contributed by atoms with Crippen LogP contribution in [0, 0.1) is 0 Å². The van der Waals surface area contributed by atoms with Crippen LogP contribution in [-0.4, -0.2) is 46.4 Å². The Morgan fingerprint density at radius 2 is 2.37 bits per heavy atom. The van der Waals surface area contributed by atoms with Gasteiger partial charge in [0.25, 0.3) is 0 Å². The first-order valence-electron chi connectivity index (χ1n) is 6.43. The minimum absolute atomic E-state index is 0.0777. The summed E-state index contributed by atoms with van der Waals surface area (Å²) in [6.45, 7) is 3.48. The molecule has 0 bridgehead atoms. The van der Waals surface area contributed by atoms with E-state index < -0.39 is 0 Å². The van der Waals surface area contributed by atoms with Crippen LogP contribution in [0.4, 0.5) is 0 Å². The molecule has 3 rings (SSSR count). The summed E-state index contributed by atoms with van der Waals surface area (Å²) in [4.78, 5) is 19.2.